The van der Waals surface area contributed by atoms with Crippen LogP contribution in [0, 0.1) is 5.41 Å². The van der Waals surface area contributed by atoms with Crippen molar-refractivity contribution in [2.75, 3.05) is 41.4 Å². The van der Waals surface area contributed by atoms with E-state index < -0.39 is 11.4 Å². The third-order valence-corrected chi connectivity index (χ3v) is 1.61. The van der Waals surface area contributed by atoms with E-state index >= 15 is 0 Å². The Balaban J connectivity index is 0. The number of carbonyl (C=O) groups is 1. The highest BCUT2D eigenvalue weighted by atomic mass is 16.5. The van der Waals surface area contributed by atoms with Gasteiger partial charge in [-0.1, -0.05) is 0 Å². The first-order valence-corrected chi connectivity index (χ1v) is 5.03. The zero-order chi connectivity index (χ0) is 12.7. The van der Waals surface area contributed by atoms with Crippen molar-refractivity contribution in [2.45, 2.75) is 20.8 Å². The van der Waals surface area contributed by atoms with Crippen molar-refractivity contribution in [2.24, 2.45) is 5.41 Å². The molecule has 0 bridgehead atoms. The van der Waals surface area contributed by atoms with Gasteiger partial charge in [-0.15, -0.1) is 0 Å². The topological polar surface area (TPSA) is 46.5 Å². The number of nitrogens with zero attached hydrogens (tertiary/aromatic N) is 1. The lowest BCUT2D eigenvalue weighted by molar-refractivity contribution is -0.870. The Labute approximate surface area is 93.4 Å². The average Bonchev–Trinajstić information content (AvgIpc) is 1.98. The molecule has 0 unspecified atom stereocenters. The molecule has 0 aliphatic carbocycles. The van der Waals surface area contributed by atoms with Gasteiger partial charge in [0.1, 0.15) is 6.54 Å². The van der Waals surface area contributed by atoms with E-state index in [9.17, 15) is 4.79 Å². The Kier molecular flexibility index (Phi) is 7.62. The standard InChI is InChI=1S/C6H16NO.C5H10O2/c1-7(2,3)5-6-8-4;1-5(2,3)4(6)7/h5-6H2,1-4H3;1-3H3,(H,6,7)/q+1;. The molecule has 0 fully saturated rings. The normalized spacial score (nSPS) is 11.7. The van der Waals surface area contributed by atoms with Crippen LogP contribution in [0.1, 0.15) is 20.8 Å². The SMILES string of the molecule is CC(C)(C)C(=O)O.COCC[N+](C)(C)C. The summed E-state index contributed by atoms with van der Waals surface area (Å²) in [6, 6.07) is 0. The van der Waals surface area contributed by atoms with Gasteiger partial charge in [0.25, 0.3) is 0 Å². The lowest BCUT2D eigenvalue weighted by Gasteiger charge is -2.22. The van der Waals surface area contributed by atoms with Crippen LogP contribution < -0.4 is 0 Å². The molecule has 4 nitrogen and oxygen atoms in total. The number of rotatable bonds is 3. The molecule has 0 amide bonds. The van der Waals surface area contributed by atoms with E-state index in [1.807, 2.05) is 0 Å². The number of carboxylic acid groups (broad SMARTS) is 1. The van der Waals surface area contributed by atoms with Crippen LogP contribution in [0.2, 0.25) is 0 Å². The third-order valence-electron chi connectivity index (χ3n) is 1.61. The third kappa shape index (κ3) is 16.1. The number of ether oxygens (including phenoxy) is 1. The molecule has 0 radical (unpaired) electrons. The second-order valence-corrected chi connectivity index (χ2v) is 5.56. The Morgan fingerprint density at radius 1 is 1.27 bits per heavy atom. The highest BCUT2D eigenvalue weighted by molar-refractivity contribution is 5.72. The van der Waals surface area contributed by atoms with Crippen molar-refractivity contribution in [1.82, 2.24) is 0 Å². The lowest BCUT2D eigenvalue weighted by atomic mass is 9.98. The van der Waals surface area contributed by atoms with Crippen LogP contribution in [0.15, 0.2) is 0 Å². The minimum absolute atomic E-state index is 0.583. The van der Waals surface area contributed by atoms with Crippen LogP contribution in [-0.2, 0) is 9.53 Å². The van der Waals surface area contributed by atoms with E-state index in [4.69, 9.17) is 9.84 Å². The molecular weight excluding hydrogens is 194 g/mol. The summed E-state index contributed by atoms with van der Waals surface area (Å²) in [4.78, 5) is 10.0. The van der Waals surface area contributed by atoms with Gasteiger partial charge < -0.3 is 14.3 Å². The van der Waals surface area contributed by atoms with Crippen LogP contribution in [0.5, 0.6) is 0 Å². The first kappa shape index (κ1) is 16.8. The Hall–Kier alpha value is -0.610. The van der Waals surface area contributed by atoms with Crippen LogP contribution in [-0.4, -0.2) is 57.0 Å². The number of hydrogen-bond acceptors (Lipinski definition) is 2. The fourth-order valence-electron chi connectivity index (χ4n) is 0.365. The summed E-state index contributed by atoms with van der Waals surface area (Å²) < 4.78 is 5.88. The number of hydrogen-bond donors (Lipinski definition) is 1. The maximum absolute atomic E-state index is 10.0. The molecule has 15 heavy (non-hydrogen) atoms. The van der Waals surface area contributed by atoms with Crippen LogP contribution in [0.25, 0.3) is 0 Å². The van der Waals surface area contributed by atoms with Crippen LogP contribution in [0.3, 0.4) is 0 Å². The minimum atomic E-state index is -0.757. The summed E-state index contributed by atoms with van der Waals surface area (Å²) in [5.74, 6) is -0.757. The van der Waals surface area contributed by atoms with Gasteiger partial charge in [0.2, 0.25) is 0 Å². The number of carboxylic acids is 1. The number of methoxy groups -OCH3 is 1. The molecule has 0 aromatic carbocycles. The molecule has 0 aromatic heterocycles. The number of aliphatic carboxylic acids is 1. The second-order valence-electron chi connectivity index (χ2n) is 5.56. The fourth-order valence-corrected chi connectivity index (χ4v) is 0.365. The van der Waals surface area contributed by atoms with Gasteiger partial charge >= 0.3 is 5.97 Å². The predicted octanol–water partition coefficient (Wildman–Crippen LogP) is 1.46. The minimum Gasteiger partial charge on any atom is -0.481 e. The number of quaternary nitrogens is 1. The number of likely N-dealkylation sites (N-methyl/N-ethyl adjacent to an activating group) is 1. The summed E-state index contributed by atoms with van der Waals surface area (Å²) in [6.45, 7) is 6.92. The largest absolute Gasteiger partial charge is 0.481 e. The van der Waals surface area contributed by atoms with E-state index in [0.717, 1.165) is 17.6 Å². The maximum atomic E-state index is 10.0. The van der Waals surface area contributed by atoms with Gasteiger partial charge in [-0.05, 0) is 20.8 Å². The van der Waals surface area contributed by atoms with Gasteiger partial charge in [0, 0.05) is 7.11 Å². The summed E-state index contributed by atoms with van der Waals surface area (Å²) >= 11 is 0. The highest BCUT2D eigenvalue weighted by Gasteiger charge is 2.18. The van der Waals surface area contributed by atoms with E-state index in [2.05, 4.69) is 21.1 Å². The van der Waals surface area contributed by atoms with E-state index in [0.29, 0.717) is 0 Å². The van der Waals surface area contributed by atoms with Gasteiger partial charge in [-0.3, -0.25) is 4.79 Å². The molecule has 0 aliphatic heterocycles. The molecule has 0 rings (SSSR count). The smallest absolute Gasteiger partial charge is 0.308 e. The van der Waals surface area contributed by atoms with Crippen molar-refractivity contribution in [1.29, 1.82) is 0 Å². The molecule has 0 saturated heterocycles. The van der Waals surface area contributed by atoms with E-state index in [1.165, 1.54) is 0 Å². The zero-order valence-corrected chi connectivity index (χ0v) is 11.1. The molecular formula is C11H26NO3+. The summed E-state index contributed by atoms with van der Waals surface area (Å²) in [5.41, 5.74) is -0.583. The van der Waals surface area contributed by atoms with Gasteiger partial charge in [-0.25, -0.2) is 0 Å². The molecule has 0 spiro atoms. The van der Waals surface area contributed by atoms with Crippen molar-refractivity contribution in [3.63, 3.8) is 0 Å². The Bertz CT molecular complexity index is 177. The summed E-state index contributed by atoms with van der Waals surface area (Å²) in [7, 11) is 8.19. The Morgan fingerprint density at radius 2 is 1.60 bits per heavy atom. The van der Waals surface area contributed by atoms with Gasteiger partial charge in [0.15, 0.2) is 0 Å². The molecule has 0 aliphatic rings. The predicted molar refractivity (Wildman–Crippen MR) is 61.9 cm³/mol. The lowest BCUT2D eigenvalue weighted by Crippen LogP contribution is -2.37. The zero-order valence-electron chi connectivity index (χ0n) is 11.1. The van der Waals surface area contributed by atoms with Crippen LogP contribution in [0.4, 0.5) is 0 Å². The van der Waals surface area contributed by atoms with Crippen molar-refractivity contribution in [3.05, 3.63) is 0 Å². The molecule has 4 heteroatoms. The quantitative estimate of drug-likeness (QED) is 0.732. The van der Waals surface area contributed by atoms with Gasteiger partial charge in [0.05, 0.1) is 33.2 Å². The first-order valence-electron chi connectivity index (χ1n) is 5.03. The average molecular weight is 220 g/mol. The molecule has 0 atom stereocenters. The molecule has 0 heterocycles. The van der Waals surface area contributed by atoms with Crippen molar-refractivity contribution >= 4 is 5.97 Å². The molecule has 1 N–H and O–H groups in total. The monoisotopic (exact) mass is 220 g/mol. The van der Waals surface area contributed by atoms with Crippen molar-refractivity contribution in [3.8, 4) is 0 Å². The first-order chi connectivity index (χ1) is 6.50. The van der Waals surface area contributed by atoms with Crippen molar-refractivity contribution < 1.29 is 19.1 Å². The fraction of sp³-hybridized carbons (Fsp3) is 0.909. The molecule has 92 valence electrons. The maximum Gasteiger partial charge on any atom is 0.308 e. The summed E-state index contributed by atoms with van der Waals surface area (Å²) in [5, 5.41) is 8.25. The molecule has 0 aromatic rings. The second kappa shape index (κ2) is 6.80. The highest BCUT2D eigenvalue weighted by Crippen LogP contribution is 2.11. The molecule has 0 saturated carbocycles. The Morgan fingerprint density at radius 3 is 1.67 bits per heavy atom. The van der Waals surface area contributed by atoms with Gasteiger partial charge in [-0.2, -0.15) is 0 Å². The van der Waals surface area contributed by atoms with E-state index in [-0.39, 0.29) is 0 Å². The summed E-state index contributed by atoms with van der Waals surface area (Å²) in [6.07, 6.45) is 0. The van der Waals surface area contributed by atoms with E-state index in [1.54, 1.807) is 27.9 Å². The van der Waals surface area contributed by atoms with Crippen LogP contribution >= 0.6 is 0 Å².